The Morgan fingerprint density at radius 3 is 1.05 bits per heavy atom. The van der Waals surface area contributed by atoms with Gasteiger partial charge in [0.15, 0.2) is 17.3 Å². The van der Waals surface area contributed by atoms with Gasteiger partial charge in [0.2, 0.25) is 0 Å². The number of hydrogen-bond acceptors (Lipinski definition) is 3. The van der Waals surface area contributed by atoms with E-state index in [2.05, 4.69) is 6.92 Å². The third-order valence-corrected chi connectivity index (χ3v) is 10.2. The van der Waals surface area contributed by atoms with E-state index in [1.807, 2.05) is 115 Å². The molecule has 0 amide bonds. The van der Waals surface area contributed by atoms with Crippen LogP contribution in [0.4, 0.5) is 0 Å². The third kappa shape index (κ3) is 2.31. The highest BCUT2D eigenvalue weighted by Crippen LogP contribution is 2.94. The number of ketones is 3. The molecule has 3 heteroatoms. The number of fused-ring (bicyclic) bond motifs is 7. The van der Waals surface area contributed by atoms with Crippen LogP contribution in [-0.4, -0.2) is 17.3 Å². The fraction of sp³-hybridized carbons (Fsp3) is 0.132. The largest absolute Gasteiger partial charge is 0.293 e. The second kappa shape index (κ2) is 7.86. The molecule has 3 aliphatic rings. The normalized spacial score (nSPS) is 27.8. The first kappa shape index (κ1) is 24.0. The first-order chi connectivity index (χ1) is 20.0. The molecule has 0 bridgehead atoms. The number of rotatable bonds is 6. The van der Waals surface area contributed by atoms with Crippen molar-refractivity contribution in [2.24, 2.45) is 5.41 Å². The summed E-state index contributed by atoms with van der Waals surface area (Å²) < 4.78 is 0. The van der Waals surface area contributed by atoms with Crippen LogP contribution in [0.5, 0.6) is 0 Å². The minimum atomic E-state index is -1.42. The van der Waals surface area contributed by atoms with Crippen molar-refractivity contribution in [1.29, 1.82) is 0 Å². The van der Waals surface area contributed by atoms with Gasteiger partial charge in [0, 0.05) is 22.1 Å². The Bertz CT molecular complexity index is 1800. The maximum absolute atomic E-state index is 15.4. The zero-order valence-electron chi connectivity index (χ0n) is 22.5. The van der Waals surface area contributed by atoms with E-state index in [0.717, 1.165) is 22.3 Å². The molecule has 3 nitrogen and oxygen atoms in total. The molecule has 41 heavy (non-hydrogen) atoms. The Balaban J connectivity index is 1.59. The zero-order chi connectivity index (χ0) is 28.0. The van der Waals surface area contributed by atoms with Crippen molar-refractivity contribution in [2.75, 3.05) is 0 Å². The van der Waals surface area contributed by atoms with E-state index < -0.39 is 21.7 Å². The quantitative estimate of drug-likeness (QED) is 0.219. The van der Waals surface area contributed by atoms with Crippen LogP contribution >= 0.6 is 0 Å². The summed E-state index contributed by atoms with van der Waals surface area (Å²) in [6.07, 6.45) is 0. The molecule has 3 aliphatic carbocycles. The van der Waals surface area contributed by atoms with Gasteiger partial charge >= 0.3 is 0 Å². The van der Waals surface area contributed by atoms with Crippen molar-refractivity contribution >= 4 is 17.3 Å². The molecule has 0 saturated heterocycles. The minimum absolute atomic E-state index is 0.165. The van der Waals surface area contributed by atoms with Gasteiger partial charge in [0.05, 0.1) is 16.2 Å². The lowest BCUT2D eigenvalue weighted by atomic mass is 9.65. The molecule has 0 aliphatic heterocycles. The summed E-state index contributed by atoms with van der Waals surface area (Å²) in [5.41, 5.74) is -0.192. The van der Waals surface area contributed by atoms with E-state index in [1.54, 1.807) is 24.3 Å². The molecule has 5 aromatic carbocycles. The van der Waals surface area contributed by atoms with E-state index >= 15 is 14.4 Å². The highest BCUT2D eigenvalue weighted by Gasteiger charge is 3.05. The van der Waals surface area contributed by atoms with Gasteiger partial charge < -0.3 is 0 Å². The number of hydrogen-bond donors (Lipinski definition) is 0. The summed E-state index contributed by atoms with van der Waals surface area (Å²) in [7, 11) is 0. The molecule has 2 unspecified atom stereocenters. The first-order valence-corrected chi connectivity index (χ1v) is 14.0. The highest BCUT2D eigenvalue weighted by molar-refractivity contribution is 6.32. The van der Waals surface area contributed by atoms with E-state index in [9.17, 15) is 0 Å². The fourth-order valence-corrected chi connectivity index (χ4v) is 9.07. The topological polar surface area (TPSA) is 51.2 Å². The van der Waals surface area contributed by atoms with Crippen molar-refractivity contribution in [3.63, 3.8) is 0 Å². The Hall–Kier alpha value is -4.89. The second-order valence-electron chi connectivity index (χ2n) is 11.6. The van der Waals surface area contributed by atoms with Crippen molar-refractivity contribution in [3.8, 4) is 0 Å². The lowest BCUT2D eigenvalue weighted by Crippen LogP contribution is -2.42. The van der Waals surface area contributed by atoms with Gasteiger partial charge in [-0.1, -0.05) is 146 Å². The van der Waals surface area contributed by atoms with Crippen LogP contribution < -0.4 is 0 Å². The maximum Gasteiger partial charge on any atom is 0.175 e. The second-order valence-corrected chi connectivity index (χ2v) is 11.6. The van der Waals surface area contributed by atoms with Crippen LogP contribution in [-0.2, 0) is 16.2 Å². The van der Waals surface area contributed by atoms with Gasteiger partial charge in [-0.25, -0.2) is 0 Å². The number of Topliss-reactive ketones (excluding diaryl/α,β-unsaturated/α-hetero) is 3. The molecule has 1 saturated carbocycles. The van der Waals surface area contributed by atoms with Gasteiger partial charge in [0.1, 0.15) is 0 Å². The van der Waals surface area contributed by atoms with Gasteiger partial charge in [0.25, 0.3) is 0 Å². The lowest BCUT2D eigenvalue weighted by molar-refractivity contribution is 0.0764. The van der Waals surface area contributed by atoms with Crippen molar-refractivity contribution in [2.45, 2.75) is 23.2 Å². The summed E-state index contributed by atoms with van der Waals surface area (Å²) in [4.78, 5) is 46.0. The Morgan fingerprint density at radius 2 is 0.683 bits per heavy atom. The van der Waals surface area contributed by atoms with Gasteiger partial charge in [-0.2, -0.15) is 0 Å². The van der Waals surface area contributed by atoms with Crippen molar-refractivity contribution in [3.05, 3.63) is 178 Å². The molecule has 4 atom stereocenters. The predicted molar refractivity (Wildman–Crippen MR) is 157 cm³/mol. The minimum Gasteiger partial charge on any atom is -0.293 e. The SMILES string of the molecule is CC12c3ccccc3[C@@]3(C(=O)c4ccccc4)C1(C(=O)c1ccccc1)[C@@]3(C(=O)c1ccccc1)c1ccccc12. The van der Waals surface area contributed by atoms with Crippen LogP contribution in [0.15, 0.2) is 140 Å². The van der Waals surface area contributed by atoms with E-state index in [-0.39, 0.29) is 17.3 Å². The summed E-state index contributed by atoms with van der Waals surface area (Å²) in [5.74, 6) is -0.531. The first-order valence-electron chi connectivity index (χ1n) is 14.0. The van der Waals surface area contributed by atoms with Gasteiger partial charge in [-0.3, -0.25) is 14.4 Å². The molecular formula is C38H26O3. The lowest BCUT2D eigenvalue weighted by Gasteiger charge is -2.34. The third-order valence-electron chi connectivity index (χ3n) is 10.2. The Kier molecular flexibility index (Phi) is 4.59. The molecule has 0 spiro atoms. The van der Waals surface area contributed by atoms with E-state index in [1.165, 1.54) is 0 Å². The molecule has 196 valence electrons. The van der Waals surface area contributed by atoms with Gasteiger partial charge in [-0.05, 0) is 22.3 Å². The molecular weight excluding hydrogens is 504 g/mol. The summed E-state index contributed by atoms with van der Waals surface area (Å²) >= 11 is 0. The number of benzene rings is 5. The number of carbonyl (C=O) groups is 3. The van der Waals surface area contributed by atoms with E-state index in [4.69, 9.17) is 0 Å². The Morgan fingerprint density at radius 1 is 0.390 bits per heavy atom. The summed E-state index contributed by atoms with van der Waals surface area (Å²) in [6.45, 7) is 2.08. The molecule has 8 rings (SSSR count). The monoisotopic (exact) mass is 530 g/mol. The Labute approximate surface area is 238 Å². The predicted octanol–water partition coefficient (Wildman–Crippen LogP) is 7.14. The van der Waals surface area contributed by atoms with E-state index in [0.29, 0.717) is 16.7 Å². The maximum atomic E-state index is 15.4. The van der Waals surface area contributed by atoms with Crippen LogP contribution in [0.1, 0.15) is 60.3 Å². The van der Waals surface area contributed by atoms with Gasteiger partial charge in [-0.15, -0.1) is 0 Å². The van der Waals surface area contributed by atoms with Crippen LogP contribution in [0.2, 0.25) is 0 Å². The highest BCUT2D eigenvalue weighted by atomic mass is 16.2. The molecule has 5 aromatic rings. The molecule has 0 heterocycles. The molecule has 0 N–H and O–H groups in total. The molecule has 1 fully saturated rings. The summed E-state index contributed by atoms with van der Waals surface area (Å²) in [5, 5.41) is 0. The van der Waals surface area contributed by atoms with Crippen LogP contribution in [0.3, 0.4) is 0 Å². The average molecular weight is 531 g/mol. The average Bonchev–Trinajstić information content (AvgIpc) is 3.51. The number of carbonyl (C=O) groups excluding carboxylic acids is 3. The standard InChI is InChI=1S/C38H26O3/c1-35-28-21-11-13-23-30(28)36(32(39)25-15-5-2-6-16-25)37(31-24-14-12-22-29(31)35,33(40)26-17-7-3-8-18-26)38(35,36)34(41)27-19-9-4-10-20-27/h2-24H,1H3/t35?,36-,37+,38?. The van der Waals surface area contributed by atoms with Crippen LogP contribution in [0, 0.1) is 5.41 Å². The van der Waals surface area contributed by atoms with Crippen LogP contribution in [0.25, 0.3) is 0 Å². The van der Waals surface area contributed by atoms with Crippen molar-refractivity contribution < 1.29 is 14.4 Å². The molecule has 0 radical (unpaired) electrons. The summed E-state index contributed by atoms with van der Waals surface area (Å²) in [6, 6.07) is 43.3. The zero-order valence-corrected chi connectivity index (χ0v) is 22.5. The fourth-order valence-electron chi connectivity index (χ4n) is 9.07. The smallest absolute Gasteiger partial charge is 0.175 e. The van der Waals surface area contributed by atoms with Crippen molar-refractivity contribution in [1.82, 2.24) is 0 Å². The molecule has 0 aromatic heterocycles.